The molecule has 14 heavy (non-hydrogen) atoms. The molecule has 1 saturated heterocycles. The molecule has 2 aliphatic heterocycles. The molecule has 70 valence electrons. The van der Waals surface area contributed by atoms with E-state index in [-0.39, 0.29) is 12.1 Å². The monoisotopic (exact) mass is 189 g/mol. The van der Waals surface area contributed by atoms with Crippen molar-refractivity contribution in [2.45, 2.75) is 6.10 Å². The van der Waals surface area contributed by atoms with Gasteiger partial charge in [-0.05, 0) is 12.2 Å². The first-order valence-corrected chi connectivity index (χ1v) is 4.50. The summed E-state index contributed by atoms with van der Waals surface area (Å²) in [5, 5.41) is 2.75. The van der Waals surface area contributed by atoms with Gasteiger partial charge >= 0.3 is 6.03 Å². The third kappa shape index (κ3) is 0.878. The second kappa shape index (κ2) is 2.57. The van der Waals surface area contributed by atoms with Crippen LogP contribution < -0.4 is 5.32 Å². The molecule has 4 nitrogen and oxygen atoms in total. The summed E-state index contributed by atoms with van der Waals surface area (Å²) >= 11 is 0. The van der Waals surface area contributed by atoms with Crippen LogP contribution in [0, 0.1) is 0 Å². The largest absolute Gasteiger partial charge is 0.496 e. The number of nitrogens with zero attached hydrogens (tertiary/aromatic N) is 1. The van der Waals surface area contributed by atoms with Gasteiger partial charge in [0.25, 0.3) is 0 Å². The van der Waals surface area contributed by atoms with Gasteiger partial charge in [0.2, 0.25) is 0 Å². The van der Waals surface area contributed by atoms with Crippen molar-refractivity contribution >= 4 is 11.7 Å². The first-order chi connectivity index (χ1) is 6.86. The highest BCUT2D eigenvalue weighted by Gasteiger charge is 2.38. The van der Waals surface area contributed by atoms with E-state index in [1.54, 1.807) is 10.8 Å². The molecule has 0 spiro atoms. The second-order valence-corrected chi connectivity index (χ2v) is 3.33. The van der Waals surface area contributed by atoms with Crippen molar-refractivity contribution in [3.05, 3.63) is 36.3 Å². The number of ether oxygens (including phenoxy) is 1. The summed E-state index contributed by atoms with van der Waals surface area (Å²) in [6.45, 7) is 0.548. The van der Waals surface area contributed by atoms with Crippen molar-refractivity contribution in [1.82, 2.24) is 5.32 Å². The number of hydrogen-bond donors (Lipinski definition) is 1. The molecule has 2 heterocycles. The van der Waals surface area contributed by atoms with Gasteiger partial charge < -0.3 is 4.74 Å². The minimum atomic E-state index is -0.118. The van der Waals surface area contributed by atoms with Gasteiger partial charge in [0.05, 0.1) is 0 Å². The first kappa shape index (κ1) is 7.55. The van der Waals surface area contributed by atoms with Crippen LogP contribution in [0.3, 0.4) is 0 Å². The van der Waals surface area contributed by atoms with E-state index in [0.29, 0.717) is 6.54 Å². The Labute approximate surface area is 80.9 Å². The summed E-state index contributed by atoms with van der Waals surface area (Å²) in [6.07, 6.45) is 9.18. The van der Waals surface area contributed by atoms with E-state index in [4.69, 9.17) is 4.74 Å². The van der Waals surface area contributed by atoms with Crippen LogP contribution >= 0.6 is 0 Å². The standard InChI is InChI=1S/C10H8N2O2/c13-10-11-5-7-6-14-9-4-2-1-3-8(9)12(7)10/h1-4,6,9H,5H2/p+1. The first-order valence-electron chi connectivity index (χ1n) is 4.50. The Morgan fingerprint density at radius 3 is 3.36 bits per heavy atom. The lowest BCUT2D eigenvalue weighted by atomic mass is 10.1. The van der Waals surface area contributed by atoms with Crippen molar-refractivity contribution in [1.29, 1.82) is 0 Å². The molecule has 0 aromatic carbocycles. The van der Waals surface area contributed by atoms with Gasteiger partial charge in [-0.15, -0.1) is 0 Å². The van der Waals surface area contributed by atoms with E-state index >= 15 is 0 Å². The van der Waals surface area contributed by atoms with E-state index in [1.165, 1.54) is 0 Å². The third-order valence-electron chi connectivity index (χ3n) is 2.48. The van der Waals surface area contributed by atoms with Crippen LogP contribution in [-0.2, 0) is 4.74 Å². The molecule has 3 aliphatic rings. The quantitative estimate of drug-likeness (QED) is 0.565. The fourth-order valence-electron chi connectivity index (χ4n) is 1.81. The van der Waals surface area contributed by atoms with Gasteiger partial charge in [0.1, 0.15) is 6.26 Å². The number of carbonyl (C=O) groups is 1. The minimum absolute atomic E-state index is 0.0699. The fourth-order valence-corrected chi connectivity index (χ4v) is 1.81. The number of fused-ring (bicyclic) bond motifs is 2. The Kier molecular flexibility index (Phi) is 1.39. The molecule has 3 rings (SSSR count). The Balaban J connectivity index is 2.18. The Bertz CT molecular complexity index is 429. The van der Waals surface area contributed by atoms with Gasteiger partial charge in [0.15, 0.2) is 24.1 Å². The number of allylic oxidation sites excluding steroid dienone is 2. The molecule has 2 amide bonds. The molecule has 0 bridgehead atoms. The Hall–Kier alpha value is -1.84. The van der Waals surface area contributed by atoms with Crippen LogP contribution in [0.1, 0.15) is 0 Å². The molecular weight excluding hydrogens is 180 g/mol. The summed E-state index contributed by atoms with van der Waals surface area (Å²) < 4.78 is 7.15. The number of urea groups is 1. The minimum Gasteiger partial charge on any atom is -0.481 e. The lowest BCUT2D eigenvalue weighted by Crippen LogP contribution is -2.35. The number of nitrogens with one attached hydrogen (secondary N) is 1. The number of hydrogen-bond acceptors (Lipinski definition) is 2. The van der Waals surface area contributed by atoms with Crippen molar-refractivity contribution < 1.29 is 14.1 Å². The Morgan fingerprint density at radius 2 is 2.43 bits per heavy atom. The zero-order valence-corrected chi connectivity index (χ0v) is 7.43. The smallest absolute Gasteiger partial charge is 0.481 e. The number of amides is 2. The SMILES string of the molecule is O=C1NCC2=COC3C=CC=CC3=[N+]12. The molecule has 0 saturated carbocycles. The van der Waals surface area contributed by atoms with E-state index in [2.05, 4.69) is 5.32 Å². The predicted octanol–water partition coefficient (Wildman–Crippen LogP) is 0.529. The molecule has 0 radical (unpaired) electrons. The predicted molar refractivity (Wildman–Crippen MR) is 49.9 cm³/mol. The molecular formula is C10H9N2O2+. The van der Waals surface area contributed by atoms with Crippen molar-refractivity contribution in [3.8, 4) is 0 Å². The highest BCUT2D eigenvalue weighted by atomic mass is 16.5. The van der Waals surface area contributed by atoms with E-state index in [1.807, 2.05) is 24.3 Å². The lowest BCUT2D eigenvalue weighted by molar-refractivity contribution is -0.368. The van der Waals surface area contributed by atoms with Crippen molar-refractivity contribution in [2.24, 2.45) is 0 Å². The van der Waals surface area contributed by atoms with Crippen LogP contribution in [0.25, 0.3) is 0 Å². The van der Waals surface area contributed by atoms with E-state index in [9.17, 15) is 4.79 Å². The topological polar surface area (TPSA) is 41.3 Å². The second-order valence-electron chi connectivity index (χ2n) is 3.33. The van der Waals surface area contributed by atoms with Gasteiger partial charge in [-0.3, -0.25) is 0 Å². The van der Waals surface area contributed by atoms with E-state index in [0.717, 1.165) is 11.4 Å². The number of carbonyl (C=O) groups excluding carboxylic acids is 1. The van der Waals surface area contributed by atoms with Crippen molar-refractivity contribution in [3.63, 3.8) is 0 Å². The zero-order valence-electron chi connectivity index (χ0n) is 7.43. The molecule has 1 N–H and O–H groups in total. The molecule has 0 aromatic rings. The summed E-state index contributed by atoms with van der Waals surface area (Å²) in [4.78, 5) is 11.5. The van der Waals surface area contributed by atoms with Crippen LogP contribution in [0.2, 0.25) is 0 Å². The normalized spacial score (nSPS) is 27.9. The van der Waals surface area contributed by atoms with Gasteiger partial charge in [-0.2, -0.15) is 9.37 Å². The fraction of sp³-hybridized carbons (Fsp3) is 0.200. The van der Waals surface area contributed by atoms with Gasteiger partial charge in [-0.1, -0.05) is 12.2 Å². The van der Waals surface area contributed by atoms with Crippen LogP contribution in [0.4, 0.5) is 4.79 Å². The third-order valence-corrected chi connectivity index (χ3v) is 2.48. The maximum atomic E-state index is 11.5. The molecule has 0 aromatic heterocycles. The van der Waals surface area contributed by atoms with Crippen LogP contribution in [0.5, 0.6) is 0 Å². The lowest BCUT2D eigenvalue weighted by Gasteiger charge is -2.19. The number of rotatable bonds is 0. The zero-order chi connectivity index (χ0) is 9.54. The molecule has 4 heteroatoms. The van der Waals surface area contributed by atoms with Gasteiger partial charge in [0, 0.05) is 0 Å². The van der Waals surface area contributed by atoms with Gasteiger partial charge in [-0.25, -0.2) is 5.32 Å². The van der Waals surface area contributed by atoms with Crippen molar-refractivity contribution in [2.75, 3.05) is 6.54 Å². The highest BCUT2D eigenvalue weighted by Crippen LogP contribution is 2.18. The molecule has 1 fully saturated rings. The Morgan fingerprint density at radius 1 is 1.50 bits per heavy atom. The average molecular weight is 189 g/mol. The van der Waals surface area contributed by atoms with Crippen LogP contribution in [-0.4, -0.2) is 29.0 Å². The average Bonchev–Trinajstić information content (AvgIpc) is 2.61. The maximum absolute atomic E-state index is 11.5. The summed E-state index contributed by atoms with van der Waals surface area (Å²) in [6, 6.07) is -0.0699. The van der Waals surface area contributed by atoms with Crippen LogP contribution in [0.15, 0.2) is 36.3 Å². The molecule has 1 unspecified atom stereocenters. The highest BCUT2D eigenvalue weighted by molar-refractivity contribution is 6.01. The molecule has 1 aliphatic carbocycles. The van der Waals surface area contributed by atoms with E-state index < -0.39 is 0 Å². The summed E-state index contributed by atoms with van der Waals surface area (Å²) in [5.74, 6) is 0. The summed E-state index contributed by atoms with van der Waals surface area (Å²) in [7, 11) is 0. The summed E-state index contributed by atoms with van der Waals surface area (Å²) in [5.41, 5.74) is 1.77. The molecule has 1 atom stereocenters. The maximum Gasteiger partial charge on any atom is 0.496 e.